The highest BCUT2D eigenvalue weighted by molar-refractivity contribution is 7.99. The lowest BCUT2D eigenvalue weighted by Crippen LogP contribution is -2.45. The van der Waals surface area contributed by atoms with Crippen molar-refractivity contribution in [2.24, 2.45) is 0 Å². The number of rotatable bonds is 4. The molecule has 20 heavy (non-hydrogen) atoms. The molecule has 0 radical (unpaired) electrons. The fraction of sp³-hybridized carbons (Fsp3) is 0.643. The van der Waals surface area contributed by atoms with Crippen molar-refractivity contribution in [1.29, 1.82) is 0 Å². The van der Waals surface area contributed by atoms with E-state index in [0.717, 1.165) is 50.8 Å². The number of hydrogen-bond donors (Lipinski definition) is 1. The molecule has 1 unspecified atom stereocenters. The first-order valence-corrected chi connectivity index (χ1v) is 8.24. The van der Waals surface area contributed by atoms with Gasteiger partial charge < -0.3 is 14.6 Å². The van der Waals surface area contributed by atoms with E-state index in [4.69, 9.17) is 4.74 Å². The van der Waals surface area contributed by atoms with Crippen molar-refractivity contribution >= 4 is 17.7 Å². The van der Waals surface area contributed by atoms with E-state index in [9.17, 15) is 4.79 Å². The van der Waals surface area contributed by atoms with E-state index in [0.29, 0.717) is 6.42 Å². The molecule has 0 spiro atoms. The maximum atomic E-state index is 12.2. The second-order valence-electron chi connectivity index (χ2n) is 5.14. The quantitative estimate of drug-likeness (QED) is 0.910. The van der Waals surface area contributed by atoms with Gasteiger partial charge >= 0.3 is 0 Å². The van der Waals surface area contributed by atoms with E-state index >= 15 is 0 Å². The number of carbonyl (C=O) groups excluding carboxylic acids is 1. The van der Waals surface area contributed by atoms with E-state index in [1.54, 1.807) is 0 Å². The van der Waals surface area contributed by atoms with Crippen LogP contribution < -0.4 is 0 Å². The normalized spacial score (nSPS) is 25.1. The third kappa shape index (κ3) is 3.19. The summed E-state index contributed by atoms with van der Waals surface area (Å²) in [6.07, 6.45) is 2.58. The van der Waals surface area contributed by atoms with Gasteiger partial charge in [-0.3, -0.25) is 9.69 Å². The maximum Gasteiger partial charge on any atom is 0.224 e. The van der Waals surface area contributed by atoms with Gasteiger partial charge in [-0.1, -0.05) is 0 Å². The summed E-state index contributed by atoms with van der Waals surface area (Å²) in [5.74, 6) is 1.19. The van der Waals surface area contributed by atoms with Crippen LogP contribution in [0.3, 0.4) is 0 Å². The van der Waals surface area contributed by atoms with Crippen molar-refractivity contribution in [3.63, 3.8) is 0 Å². The number of aromatic nitrogens is 1. The summed E-state index contributed by atoms with van der Waals surface area (Å²) in [5.41, 5.74) is 1.13. The molecule has 3 heterocycles. The zero-order valence-electron chi connectivity index (χ0n) is 11.6. The molecular weight excluding hydrogens is 274 g/mol. The van der Waals surface area contributed by atoms with E-state index < -0.39 is 0 Å². The molecule has 6 heteroatoms. The molecule has 3 rings (SSSR count). The fourth-order valence-corrected chi connectivity index (χ4v) is 3.94. The summed E-state index contributed by atoms with van der Waals surface area (Å²) in [7, 11) is 0. The summed E-state index contributed by atoms with van der Waals surface area (Å²) in [6.45, 7) is 5.30. The molecule has 1 atom stereocenters. The molecule has 5 nitrogen and oxygen atoms in total. The number of amides is 1. The van der Waals surface area contributed by atoms with Crippen LogP contribution in [0, 0.1) is 0 Å². The predicted octanol–water partition coefficient (Wildman–Crippen LogP) is 1.31. The summed E-state index contributed by atoms with van der Waals surface area (Å²) in [6, 6.07) is 4.06. The van der Waals surface area contributed by atoms with Crippen molar-refractivity contribution in [1.82, 2.24) is 14.8 Å². The van der Waals surface area contributed by atoms with E-state index in [1.165, 1.54) is 0 Å². The third-order valence-corrected chi connectivity index (χ3v) is 5.11. The smallest absolute Gasteiger partial charge is 0.224 e. The number of nitrogens with one attached hydrogen (secondary N) is 1. The van der Waals surface area contributed by atoms with Crippen molar-refractivity contribution < 1.29 is 9.53 Å². The number of hydrogen-bond acceptors (Lipinski definition) is 4. The Labute approximate surface area is 123 Å². The van der Waals surface area contributed by atoms with Gasteiger partial charge in [-0.25, -0.2) is 0 Å². The number of thioether (sulfide) groups is 1. The SMILES string of the molecule is O=C1CCSC(c2ccc[nH]2)N1CCN1CCOCC1. The average Bonchev–Trinajstić information content (AvgIpc) is 3.01. The molecule has 1 amide bonds. The molecule has 0 aromatic carbocycles. The van der Waals surface area contributed by atoms with Gasteiger partial charge in [0.1, 0.15) is 5.37 Å². The Morgan fingerprint density at radius 1 is 1.35 bits per heavy atom. The van der Waals surface area contributed by atoms with Crippen LogP contribution >= 0.6 is 11.8 Å². The lowest BCUT2D eigenvalue weighted by molar-refractivity contribution is -0.132. The van der Waals surface area contributed by atoms with Crippen molar-refractivity contribution in [2.75, 3.05) is 45.1 Å². The number of morpholine rings is 1. The van der Waals surface area contributed by atoms with Crippen molar-refractivity contribution in [3.05, 3.63) is 24.0 Å². The highest BCUT2D eigenvalue weighted by Gasteiger charge is 2.30. The standard InChI is InChI=1S/C14H21N3O2S/c18-13-3-11-20-14(12-2-1-4-15-12)17(13)6-5-16-7-9-19-10-8-16/h1-2,4,14-15H,3,5-11H2. The maximum absolute atomic E-state index is 12.2. The van der Waals surface area contributed by atoms with Crippen LogP contribution in [0.4, 0.5) is 0 Å². The number of carbonyl (C=O) groups is 1. The fourth-order valence-electron chi connectivity index (χ4n) is 2.69. The van der Waals surface area contributed by atoms with Gasteiger partial charge in [0, 0.05) is 50.2 Å². The second-order valence-corrected chi connectivity index (χ2v) is 6.33. The Morgan fingerprint density at radius 2 is 2.20 bits per heavy atom. The Hall–Kier alpha value is -0.980. The van der Waals surface area contributed by atoms with E-state index in [2.05, 4.69) is 16.0 Å². The molecule has 0 saturated carbocycles. The minimum Gasteiger partial charge on any atom is -0.379 e. The van der Waals surface area contributed by atoms with Crippen LogP contribution in [-0.4, -0.2) is 65.8 Å². The molecule has 0 aliphatic carbocycles. The van der Waals surface area contributed by atoms with Crippen LogP contribution in [0.2, 0.25) is 0 Å². The summed E-state index contributed by atoms with van der Waals surface area (Å²) >= 11 is 1.85. The zero-order valence-corrected chi connectivity index (χ0v) is 12.4. The minimum atomic E-state index is 0.146. The average molecular weight is 295 g/mol. The van der Waals surface area contributed by atoms with E-state index in [-0.39, 0.29) is 11.3 Å². The van der Waals surface area contributed by atoms with Crippen molar-refractivity contribution in [3.8, 4) is 0 Å². The molecule has 1 N–H and O–H groups in total. The van der Waals surface area contributed by atoms with Gasteiger partial charge in [-0.15, -0.1) is 11.8 Å². The topological polar surface area (TPSA) is 48.6 Å². The van der Waals surface area contributed by atoms with Gasteiger partial charge in [0.2, 0.25) is 5.91 Å². The lowest BCUT2D eigenvalue weighted by atomic mass is 10.3. The highest BCUT2D eigenvalue weighted by Crippen LogP contribution is 2.36. The monoisotopic (exact) mass is 295 g/mol. The minimum absolute atomic E-state index is 0.146. The molecule has 1 aromatic heterocycles. The number of ether oxygens (including phenoxy) is 1. The van der Waals surface area contributed by atoms with Crippen LogP contribution in [0.5, 0.6) is 0 Å². The van der Waals surface area contributed by atoms with Crippen LogP contribution in [-0.2, 0) is 9.53 Å². The van der Waals surface area contributed by atoms with Gasteiger partial charge in [0.25, 0.3) is 0 Å². The Morgan fingerprint density at radius 3 is 2.95 bits per heavy atom. The molecule has 1 aromatic rings. The van der Waals surface area contributed by atoms with Gasteiger partial charge in [-0.05, 0) is 12.1 Å². The van der Waals surface area contributed by atoms with Gasteiger partial charge in [0.05, 0.1) is 13.2 Å². The Kier molecular flexibility index (Phi) is 4.65. The number of nitrogens with zero attached hydrogens (tertiary/aromatic N) is 2. The second kappa shape index (κ2) is 6.65. The Bertz CT molecular complexity index is 432. The number of H-pyrrole nitrogens is 1. The summed E-state index contributed by atoms with van der Waals surface area (Å²) in [4.78, 5) is 19.9. The molecule has 2 saturated heterocycles. The summed E-state index contributed by atoms with van der Waals surface area (Å²) in [5, 5.41) is 0.146. The highest BCUT2D eigenvalue weighted by atomic mass is 32.2. The van der Waals surface area contributed by atoms with Crippen LogP contribution in [0.25, 0.3) is 0 Å². The first-order chi connectivity index (χ1) is 9.84. The molecule has 110 valence electrons. The largest absolute Gasteiger partial charge is 0.379 e. The Balaban J connectivity index is 1.62. The third-order valence-electron chi connectivity index (χ3n) is 3.84. The first kappa shape index (κ1) is 14.0. The molecule has 2 aliphatic rings. The molecule has 2 fully saturated rings. The lowest BCUT2D eigenvalue weighted by Gasteiger charge is -2.36. The van der Waals surface area contributed by atoms with Crippen LogP contribution in [0.1, 0.15) is 17.5 Å². The first-order valence-electron chi connectivity index (χ1n) is 7.19. The predicted molar refractivity (Wildman–Crippen MR) is 79.6 cm³/mol. The molecule has 2 aliphatic heterocycles. The van der Waals surface area contributed by atoms with Crippen molar-refractivity contribution in [2.45, 2.75) is 11.8 Å². The number of aromatic amines is 1. The summed E-state index contributed by atoms with van der Waals surface area (Å²) < 4.78 is 5.36. The zero-order chi connectivity index (χ0) is 13.8. The van der Waals surface area contributed by atoms with Gasteiger partial charge in [-0.2, -0.15) is 0 Å². The van der Waals surface area contributed by atoms with Crippen LogP contribution in [0.15, 0.2) is 18.3 Å². The molecule has 0 bridgehead atoms. The van der Waals surface area contributed by atoms with Gasteiger partial charge in [0.15, 0.2) is 0 Å². The van der Waals surface area contributed by atoms with E-state index in [1.807, 2.05) is 28.9 Å². The molecular formula is C14H21N3O2S.